The summed E-state index contributed by atoms with van der Waals surface area (Å²) in [5.41, 5.74) is 1.91. The molecule has 0 saturated heterocycles. The number of benzene rings is 2. The molecule has 0 aliphatic rings. The average Bonchev–Trinajstić information content (AvgIpc) is 3.13. The molecule has 0 unspecified atom stereocenters. The minimum Gasteiger partial charge on any atom is -0.457 e. The molecule has 0 atom stereocenters. The van der Waals surface area contributed by atoms with Gasteiger partial charge in [0, 0.05) is 6.08 Å². The van der Waals surface area contributed by atoms with Gasteiger partial charge in [0.2, 0.25) is 0 Å². The van der Waals surface area contributed by atoms with Crippen LogP contribution in [-0.2, 0) is 0 Å². The standard InChI is InChI=1S/C22H13Cl2N3O2/c1-12-5-7-15-18(9-12)26-21(27-22(15)28)13(11-25)10-14-6-8-19(29-14)20-16(23)3-2-4-17(20)24/h2-10H,1H3,(H,26,27,28)/b13-10+. The molecule has 4 rings (SSSR count). The lowest BCUT2D eigenvalue weighted by atomic mass is 10.1. The zero-order valence-corrected chi connectivity index (χ0v) is 16.7. The number of furan rings is 1. The Labute approximate surface area is 175 Å². The number of H-pyrrole nitrogens is 1. The van der Waals surface area contributed by atoms with Gasteiger partial charge in [0.05, 0.1) is 32.1 Å². The Kier molecular flexibility index (Phi) is 4.98. The number of hydrogen-bond donors (Lipinski definition) is 1. The fourth-order valence-corrected chi connectivity index (χ4v) is 3.55. The number of nitrogens with zero attached hydrogens (tertiary/aromatic N) is 2. The highest BCUT2D eigenvalue weighted by Crippen LogP contribution is 2.36. The summed E-state index contributed by atoms with van der Waals surface area (Å²) >= 11 is 12.5. The van der Waals surface area contributed by atoms with E-state index in [4.69, 9.17) is 27.6 Å². The molecular formula is C22H13Cl2N3O2. The number of aromatic nitrogens is 2. The van der Waals surface area contributed by atoms with Crippen LogP contribution in [0.5, 0.6) is 0 Å². The minimum absolute atomic E-state index is 0.164. The number of halogens is 2. The van der Waals surface area contributed by atoms with Gasteiger partial charge >= 0.3 is 0 Å². The van der Waals surface area contributed by atoms with E-state index in [-0.39, 0.29) is 17.0 Å². The lowest BCUT2D eigenvalue weighted by Crippen LogP contribution is -2.11. The lowest BCUT2D eigenvalue weighted by molar-refractivity contribution is 0.572. The van der Waals surface area contributed by atoms with Crippen molar-refractivity contribution in [3.8, 4) is 17.4 Å². The number of allylic oxidation sites excluding steroid dienone is 1. The molecule has 0 saturated carbocycles. The normalized spacial score (nSPS) is 11.6. The zero-order chi connectivity index (χ0) is 20.5. The molecule has 0 fully saturated rings. The van der Waals surface area contributed by atoms with Crippen LogP contribution in [0.2, 0.25) is 10.0 Å². The summed E-state index contributed by atoms with van der Waals surface area (Å²) in [5.74, 6) is 1.04. The minimum atomic E-state index is -0.311. The van der Waals surface area contributed by atoms with Gasteiger partial charge in [0.1, 0.15) is 17.6 Å². The van der Waals surface area contributed by atoms with Crippen LogP contribution in [-0.4, -0.2) is 9.97 Å². The first-order valence-electron chi connectivity index (χ1n) is 8.63. The predicted molar refractivity (Wildman–Crippen MR) is 115 cm³/mol. The molecule has 29 heavy (non-hydrogen) atoms. The summed E-state index contributed by atoms with van der Waals surface area (Å²) in [6, 6.07) is 16.0. The van der Waals surface area contributed by atoms with Crippen molar-refractivity contribution < 1.29 is 4.42 Å². The molecular weight excluding hydrogens is 409 g/mol. The van der Waals surface area contributed by atoms with Gasteiger partial charge in [-0.25, -0.2) is 4.98 Å². The van der Waals surface area contributed by atoms with Crippen molar-refractivity contribution in [3.63, 3.8) is 0 Å². The van der Waals surface area contributed by atoms with Crippen LogP contribution < -0.4 is 5.56 Å². The van der Waals surface area contributed by atoms with Crippen molar-refractivity contribution in [2.75, 3.05) is 0 Å². The van der Waals surface area contributed by atoms with Gasteiger partial charge in [-0.3, -0.25) is 4.79 Å². The monoisotopic (exact) mass is 421 g/mol. The van der Waals surface area contributed by atoms with Crippen LogP contribution in [0.1, 0.15) is 17.1 Å². The van der Waals surface area contributed by atoms with Gasteiger partial charge < -0.3 is 9.40 Å². The van der Waals surface area contributed by atoms with Gasteiger partial charge in [-0.2, -0.15) is 5.26 Å². The summed E-state index contributed by atoms with van der Waals surface area (Å²) in [5, 5.41) is 11.0. The van der Waals surface area contributed by atoms with E-state index >= 15 is 0 Å². The van der Waals surface area contributed by atoms with Crippen molar-refractivity contribution in [2.45, 2.75) is 6.92 Å². The topological polar surface area (TPSA) is 82.7 Å². The van der Waals surface area contributed by atoms with Crippen LogP contribution in [0.4, 0.5) is 0 Å². The first-order chi connectivity index (χ1) is 14.0. The highest BCUT2D eigenvalue weighted by molar-refractivity contribution is 6.39. The molecule has 5 nitrogen and oxygen atoms in total. The fourth-order valence-electron chi connectivity index (χ4n) is 2.97. The summed E-state index contributed by atoms with van der Waals surface area (Å²) in [6.07, 6.45) is 1.51. The Morgan fingerprint density at radius 3 is 2.66 bits per heavy atom. The third-order valence-electron chi connectivity index (χ3n) is 4.36. The molecule has 142 valence electrons. The van der Waals surface area contributed by atoms with Gasteiger partial charge in [-0.1, -0.05) is 35.3 Å². The summed E-state index contributed by atoms with van der Waals surface area (Å²) in [7, 11) is 0. The Bertz CT molecular complexity index is 1360. The van der Waals surface area contributed by atoms with Crippen molar-refractivity contribution in [1.82, 2.24) is 9.97 Å². The second-order valence-corrected chi connectivity index (χ2v) is 7.22. The van der Waals surface area contributed by atoms with E-state index in [1.807, 2.05) is 13.0 Å². The Balaban J connectivity index is 1.78. The molecule has 0 spiro atoms. The zero-order valence-electron chi connectivity index (χ0n) is 15.2. The second kappa shape index (κ2) is 7.59. The van der Waals surface area contributed by atoms with Crippen molar-refractivity contribution >= 4 is 45.8 Å². The quantitative estimate of drug-likeness (QED) is 0.419. The lowest BCUT2D eigenvalue weighted by Gasteiger charge is -2.03. The van der Waals surface area contributed by atoms with Crippen molar-refractivity contribution in [3.05, 3.63) is 86.1 Å². The first-order valence-corrected chi connectivity index (χ1v) is 9.39. The van der Waals surface area contributed by atoms with E-state index in [2.05, 4.69) is 16.0 Å². The molecule has 1 N–H and O–H groups in total. The van der Waals surface area contributed by atoms with E-state index in [0.29, 0.717) is 38.0 Å². The first kappa shape index (κ1) is 19.0. The highest BCUT2D eigenvalue weighted by atomic mass is 35.5. The van der Waals surface area contributed by atoms with Crippen LogP contribution in [0.3, 0.4) is 0 Å². The van der Waals surface area contributed by atoms with Crippen LogP contribution in [0, 0.1) is 18.3 Å². The SMILES string of the molecule is Cc1ccc2c(=O)[nH]c(/C(C#N)=C/c3ccc(-c4c(Cl)cccc4Cl)o3)nc2c1. The van der Waals surface area contributed by atoms with E-state index in [1.165, 1.54) is 6.08 Å². The smallest absolute Gasteiger partial charge is 0.259 e. The van der Waals surface area contributed by atoms with Gasteiger partial charge in [-0.15, -0.1) is 0 Å². The maximum absolute atomic E-state index is 12.4. The number of nitrogens with one attached hydrogen (secondary N) is 1. The Hall–Kier alpha value is -3.33. The molecule has 0 radical (unpaired) electrons. The molecule has 7 heteroatoms. The van der Waals surface area contributed by atoms with E-state index < -0.39 is 0 Å². The molecule has 2 aromatic heterocycles. The van der Waals surface area contributed by atoms with Crippen molar-refractivity contribution in [2.24, 2.45) is 0 Å². The maximum atomic E-state index is 12.4. The van der Waals surface area contributed by atoms with Crippen LogP contribution >= 0.6 is 23.2 Å². The predicted octanol–water partition coefficient (Wildman–Crippen LogP) is 5.86. The molecule has 0 bridgehead atoms. The van der Waals surface area contributed by atoms with Crippen molar-refractivity contribution in [1.29, 1.82) is 5.26 Å². The third kappa shape index (κ3) is 3.68. The number of rotatable bonds is 3. The average molecular weight is 422 g/mol. The van der Waals surface area contributed by atoms with Gasteiger partial charge in [0.15, 0.2) is 5.82 Å². The fraction of sp³-hybridized carbons (Fsp3) is 0.0455. The van der Waals surface area contributed by atoms with E-state index in [1.54, 1.807) is 42.5 Å². The summed E-state index contributed by atoms with van der Waals surface area (Å²) in [4.78, 5) is 19.4. The number of aromatic amines is 1. The maximum Gasteiger partial charge on any atom is 0.259 e. The van der Waals surface area contributed by atoms with E-state index in [0.717, 1.165) is 5.56 Å². The third-order valence-corrected chi connectivity index (χ3v) is 4.99. The molecule has 0 aliphatic carbocycles. The molecule has 0 aliphatic heterocycles. The molecule has 2 heterocycles. The molecule has 4 aromatic rings. The van der Waals surface area contributed by atoms with Gasteiger partial charge in [-0.05, 0) is 48.9 Å². The summed E-state index contributed by atoms with van der Waals surface area (Å²) < 4.78 is 5.81. The Morgan fingerprint density at radius 2 is 1.93 bits per heavy atom. The Morgan fingerprint density at radius 1 is 1.17 bits per heavy atom. The number of aryl methyl sites for hydroxylation is 1. The number of fused-ring (bicyclic) bond motifs is 1. The second-order valence-electron chi connectivity index (χ2n) is 6.40. The number of hydrogen-bond acceptors (Lipinski definition) is 4. The van der Waals surface area contributed by atoms with Crippen LogP contribution in [0.25, 0.3) is 33.9 Å². The van der Waals surface area contributed by atoms with Gasteiger partial charge in [0.25, 0.3) is 5.56 Å². The van der Waals surface area contributed by atoms with Crippen LogP contribution in [0.15, 0.2) is 57.7 Å². The summed E-state index contributed by atoms with van der Waals surface area (Å²) in [6.45, 7) is 1.91. The molecule has 0 amide bonds. The largest absolute Gasteiger partial charge is 0.457 e. The number of nitriles is 1. The van der Waals surface area contributed by atoms with E-state index in [9.17, 15) is 10.1 Å². The highest BCUT2D eigenvalue weighted by Gasteiger charge is 2.14. The molecule has 2 aromatic carbocycles.